The van der Waals surface area contributed by atoms with Gasteiger partial charge in [0.15, 0.2) is 0 Å². The van der Waals surface area contributed by atoms with Crippen LogP contribution in [0.4, 0.5) is 4.39 Å². The molecule has 0 aliphatic rings. The minimum atomic E-state index is -0.280. The van der Waals surface area contributed by atoms with E-state index in [1.165, 1.54) is 23.5 Å². The number of rotatable bonds is 7. The second-order valence-electron chi connectivity index (χ2n) is 8.81. The van der Waals surface area contributed by atoms with Crippen LogP contribution in [0.3, 0.4) is 0 Å². The van der Waals surface area contributed by atoms with Crippen molar-refractivity contribution < 1.29 is 9.13 Å². The van der Waals surface area contributed by atoms with E-state index < -0.39 is 0 Å². The molecule has 6 aromatic rings. The Morgan fingerprint density at radius 3 is 2.54 bits per heavy atom. The van der Waals surface area contributed by atoms with Crippen molar-refractivity contribution in [1.82, 2.24) is 14.8 Å². The number of aromatic nitrogens is 3. The lowest BCUT2D eigenvalue weighted by Gasteiger charge is -2.08. The standard InChI is InChI=1S/C32H21FN4OS/c33-26-15-13-22(14-16-26)21-38-28-10-6-7-23(18-28)31-25(20-37(36-31)27-8-2-1-3-9-27)17-24(19-34)32-35-29-11-4-5-12-30(29)39-32/h1-18,20H,21H2. The summed E-state index contributed by atoms with van der Waals surface area (Å²) < 4.78 is 22.1. The van der Waals surface area contributed by atoms with Crippen LogP contribution in [0.25, 0.3) is 38.8 Å². The zero-order chi connectivity index (χ0) is 26.6. The number of hydrogen-bond donors (Lipinski definition) is 0. The first-order chi connectivity index (χ1) is 19.2. The fourth-order valence-electron chi connectivity index (χ4n) is 4.20. The highest BCUT2D eigenvalue weighted by atomic mass is 32.1. The first-order valence-corrected chi connectivity index (χ1v) is 13.1. The van der Waals surface area contributed by atoms with Gasteiger partial charge in [-0.1, -0.05) is 54.6 Å². The van der Waals surface area contributed by atoms with E-state index in [0.29, 0.717) is 28.6 Å². The van der Waals surface area contributed by atoms with Crippen LogP contribution < -0.4 is 4.74 Å². The van der Waals surface area contributed by atoms with Gasteiger partial charge in [0, 0.05) is 17.3 Å². The molecular weight excluding hydrogens is 507 g/mol. The molecule has 0 fully saturated rings. The number of para-hydroxylation sites is 2. The van der Waals surface area contributed by atoms with Gasteiger partial charge in [0.1, 0.15) is 34.9 Å². The van der Waals surface area contributed by atoms with Crippen LogP contribution in [-0.2, 0) is 6.61 Å². The number of halogens is 1. The number of fused-ring (bicyclic) bond motifs is 1. The summed E-state index contributed by atoms with van der Waals surface area (Å²) in [5, 5.41) is 15.6. The van der Waals surface area contributed by atoms with Gasteiger partial charge < -0.3 is 4.74 Å². The molecule has 5 nitrogen and oxygen atoms in total. The summed E-state index contributed by atoms with van der Waals surface area (Å²) >= 11 is 1.49. The van der Waals surface area contributed by atoms with Crippen LogP contribution in [-0.4, -0.2) is 14.8 Å². The smallest absolute Gasteiger partial charge is 0.135 e. The molecule has 2 aromatic heterocycles. The van der Waals surface area contributed by atoms with E-state index in [0.717, 1.165) is 32.6 Å². The molecule has 0 amide bonds. The third kappa shape index (κ3) is 5.33. The Labute approximate surface area is 228 Å². The third-order valence-electron chi connectivity index (χ3n) is 6.13. The van der Waals surface area contributed by atoms with Crippen molar-refractivity contribution in [2.45, 2.75) is 6.61 Å². The van der Waals surface area contributed by atoms with Crippen molar-refractivity contribution in [3.63, 3.8) is 0 Å². The SMILES string of the molecule is N#CC(=Cc1cn(-c2ccccc2)nc1-c1cccc(OCc2ccc(F)cc2)c1)c1nc2ccccc2s1. The molecule has 4 aromatic carbocycles. The van der Waals surface area contributed by atoms with E-state index in [9.17, 15) is 9.65 Å². The number of thiazole rings is 1. The van der Waals surface area contributed by atoms with Gasteiger partial charge in [0.25, 0.3) is 0 Å². The zero-order valence-electron chi connectivity index (χ0n) is 20.7. The van der Waals surface area contributed by atoms with Gasteiger partial charge in [-0.05, 0) is 60.2 Å². The Kier molecular flexibility index (Phi) is 6.69. The van der Waals surface area contributed by atoms with Gasteiger partial charge in [-0.3, -0.25) is 0 Å². The largest absolute Gasteiger partial charge is 0.489 e. The number of ether oxygens (including phenoxy) is 1. The molecule has 0 spiro atoms. The number of nitriles is 1. The van der Waals surface area contributed by atoms with Crippen LogP contribution >= 0.6 is 11.3 Å². The fourth-order valence-corrected chi connectivity index (χ4v) is 5.13. The van der Waals surface area contributed by atoms with Gasteiger partial charge >= 0.3 is 0 Å². The minimum Gasteiger partial charge on any atom is -0.489 e. The first kappa shape index (κ1) is 24.3. The molecular formula is C32H21FN4OS. The number of benzene rings is 4. The lowest BCUT2D eigenvalue weighted by Crippen LogP contribution is -1.96. The predicted molar refractivity (Wildman–Crippen MR) is 153 cm³/mol. The quantitative estimate of drug-likeness (QED) is 0.197. The van der Waals surface area contributed by atoms with Crippen molar-refractivity contribution in [2.75, 3.05) is 0 Å². The molecule has 0 saturated heterocycles. The maximum absolute atomic E-state index is 13.3. The summed E-state index contributed by atoms with van der Waals surface area (Å²) in [7, 11) is 0. The molecule has 0 bridgehead atoms. The average molecular weight is 529 g/mol. The number of allylic oxidation sites excluding steroid dienone is 1. The molecule has 6 rings (SSSR count). The molecule has 188 valence electrons. The number of hydrogen-bond acceptors (Lipinski definition) is 5. The van der Waals surface area contributed by atoms with E-state index in [4.69, 9.17) is 9.84 Å². The summed E-state index contributed by atoms with van der Waals surface area (Å²) in [6.07, 6.45) is 3.76. The second-order valence-corrected chi connectivity index (χ2v) is 9.84. The Hall–Kier alpha value is -5.06. The monoisotopic (exact) mass is 528 g/mol. The van der Waals surface area contributed by atoms with Crippen molar-refractivity contribution in [3.8, 4) is 28.8 Å². The molecule has 2 heterocycles. The Morgan fingerprint density at radius 2 is 1.74 bits per heavy atom. The molecule has 0 atom stereocenters. The Bertz CT molecular complexity index is 1800. The topological polar surface area (TPSA) is 63.7 Å². The number of nitrogens with zero attached hydrogens (tertiary/aromatic N) is 4. The normalized spacial score (nSPS) is 11.4. The van der Waals surface area contributed by atoms with Gasteiger partial charge in [0.05, 0.1) is 21.5 Å². The van der Waals surface area contributed by atoms with Crippen molar-refractivity contribution >= 4 is 33.2 Å². The van der Waals surface area contributed by atoms with Crippen LogP contribution in [0, 0.1) is 17.1 Å². The minimum absolute atomic E-state index is 0.280. The fraction of sp³-hybridized carbons (Fsp3) is 0.0312. The molecule has 0 N–H and O–H groups in total. The summed E-state index contributed by atoms with van der Waals surface area (Å²) in [5.41, 5.74) is 5.44. The van der Waals surface area contributed by atoms with E-state index in [2.05, 4.69) is 11.1 Å². The predicted octanol–water partition coefficient (Wildman–Crippen LogP) is 7.93. The highest BCUT2D eigenvalue weighted by molar-refractivity contribution is 7.19. The van der Waals surface area contributed by atoms with E-state index in [1.54, 1.807) is 16.8 Å². The maximum atomic E-state index is 13.3. The summed E-state index contributed by atoms with van der Waals surface area (Å²) in [6.45, 7) is 0.311. The molecule has 0 aliphatic heterocycles. The lowest BCUT2D eigenvalue weighted by molar-refractivity contribution is 0.306. The van der Waals surface area contributed by atoms with E-state index >= 15 is 0 Å². The van der Waals surface area contributed by atoms with Gasteiger partial charge in [0.2, 0.25) is 0 Å². The summed E-state index contributed by atoms with van der Waals surface area (Å²) in [4.78, 5) is 4.68. The summed E-state index contributed by atoms with van der Waals surface area (Å²) in [5.74, 6) is 0.380. The summed E-state index contributed by atoms with van der Waals surface area (Å²) in [6, 6.07) is 33.9. The lowest BCUT2D eigenvalue weighted by atomic mass is 10.1. The van der Waals surface area contributed by atoms with Crippen molar-refractivity contribution in [1.29, 1.82) is 5.26 Å². The molecule has 7 heteroatoms. The highest BCUT2D eigenvalue weighted by Crippen LogP contribution is 2.32. The van der Waals surface area contributed by atoms with Gasteiger partial charge in [-0.15, -0.1) is 11.3 Å². The van der Waals surface area contributed by atoms with Crippen molar-refractivity contribution in [2.24, 2.45) is 0 Å². The Balaban J connectivity index is 1.39. The average Bonchev–Trinajstić information content (AvgIpc) is 3.61. The third-order valence-corrected chi connectivity index (χ3v) is 7.20. The molecule has 0 radical (unpaired) electrons. The van der Waals surface area contributed by atoms with E-state index in [-0.39, 0.29) is 5.82 Å². The van der Waals surface area contributed by atoms with Crippen LogP contribution in [0.15, 0.2) is 109 Å². The molecule has 0 unspecified atom stereocenters. The zero-order valence-corrected chi connectivity index (χ0v) is 21.5. The van der Waals surface area contributed by atoms with Crippen LogP contribution in [0.2, 0.25) is 0 Å². The molecule has 39 heavy (non-hydrogen) atoms. The molecule has 0 saturated carbocycles. The van der Waals surface area contributed by atoms with Gasteiger partial charge in [-0.2, -0.15) is 10.4 Å². The van der Waals surface area contributed by atoms with Crippen LogP contribution in [0.5, 0.6) is 5.75 Å². The molecule has 0 aliphatic carbocycles. The first-order valence-electron chi connectivity index (χ1n) is 12.3. The highest BCUT2D eigenvalue weighted by Gasteiger charge is 2.15. The maximum Gasteiger partial charge on any atom is 0.135 e. The van der Waals surface area contributed by atoms with Gasteiger partial charge in [-0.25, -0.2) is 14.1 Å². The van der Waals surface area contributed by atoms with E-state index in [1.807, 2.05) is 91.1 Å². The second kappa shape index (κ2) is 10.7. The van der Waals surface area contributed by atoms with Crippen molar-refractivity contribution in [3.05, 3.63) is 131 Å². The Morgan fingerprint density at radius 1 is 0.949 bits per heavy atom. The van der Waals surface area contributed by atoms with Crippen LogP contribution in [0.1, 0.15) is 16.1 Å².